The van der Waals surface area contributed by atoms with Crippen LogP contribution in [0.5, 0.6) is 0 Å². The molecule has 0 saturated heterocycles. The molecule has 3 N–H and O–H groups in total. The molecule has 0 atom stereocenters. The normalized spacial score (nSPS) is 10.4. The van der Waals surface area contributed by atoms with Crippen LogP contribution in [0, 0.1) is 20.8 Å². The number of carbonyl (C=O) groups excluding carboxylic acids is 1. The van der Waals surface area contributed by atoms with Crippen molar-refractivity contribution in [3.8, 4) is 0 Å². The summed E-state index contributed by atoms with van der Waals surface area (Å²) in [6.45, 7) is 5.87. The van der Waals surface area contributed by atoms with Crippen molar-refractivity contribution in [3.63, 3.8) is 0 Å². The fraction of sp³-hybridized carbons (Fsp3) is 0.250. The lowest BCUT2D eigenvalue weighted by molar-refractivity contribution is 0.101. The lowest BCUT2D eigenvalue weighted by Crippen LogP contribution is -2.16. The van der Waals surface area contributed by atoms with Gasteiger partial charge in [0.05, 0.1) is 0 Å². The van der Waals surface area contributed by atoms with Gasteiger partial charge in [-0.3, -0.25) is 4.79 Å². The van der Waals surface area contributed by atoms with Crippen LogP contribution >= 0.6 is 0 Å². The number of nitrogen functional groups attached to an aromatic ring is 1. The van der Waals surface area contributed by atoms with Crippen molar-refractivity contribution in [2.45, 2.75) is 20.8 Å². The van der Waals surface area contributed by atoms with Crippen LogP contribution in [0.2, 0.25) is 0 Å². The molecule has 2 rings (SSSR count). The Morgan fingerprint density at radius 2 is 1.83 bits per heavy atom. The summed E-state index contributed by atoms with van der Waals surface area (Å²) >= 11 is 0. The molecule has 0 unspecified atom stereocenters. The molecule has 0 aliphatic rings. The highest BCUT2D eigenvalue weighted by atomic mass is 16.6. The first-order valence-electron chi connectivity index (χ1n) is 5.46. The first-order chi connectivity index (χ1) is 8.49. The minimum atomic E-state index is -0.427. The van der Waals surface area contributed by atoms with Gasteiger partial charge in [0, 0.05) is 5.69 Å². The topological polar surface area (TPSA) is 94.0 Å². The molecule has 0 fully saturated rings. The fourth-order valence-corrected chi connectivity index (χ4v) is 1.90. The summed E-state index contributed by atoms with van der Waals surface area (Å²) in [5, 5.41) is 9.60. The van der Waals surface area contributed by atoms with Crippen LogP contribution in [-0.4, -0.2) is 16.2 Å². The molecule has 0 aliphatic carbocycles. The predicted octanol–water partition coefficient (Wildman–Crippen LogP) is 1.83. The Balaban J connectivity index is 2.31. The summed E-state index contributed by atoms with van der Waals surface area (Å²) in [5.41, 5.74) is 9.33. The molecule has 1 heterocycles. The maximum Gasteiger partial charge on any atom is 0.281 e. The first-order valence-corrected chi connectivity index (χ1v) is 5.46. The van der Waals surface area contributed by atoms with E-state index >= 15 is 0 Å². The minimum Gasteiger partial charge on any atom is -0.379 e. The Morgan fingerprint density at radius 1 is 1.22 bits per heavy atom. The molecule has 6 nitrogen and oxygen atoms in total. The molecule has 6 heteroatoms. The SMILES string of the molecule is Cc1cc(C)c(NC(=O)c2nonc2N)c(C)c1. The maximum absolute atomic E-state index is 11.9. The Hall–Kier alpha value is -2.37. The summed E-state index contributed by atoms with van der Waals surface area (Å²) < 4.78 is 4.40. The van der Waals surface area contributed by atoms with Gasteiger partial charge >= 0.3 is 0 Å². The van der Waals surface area contributed by atoms with Gasteiger partial charge in [0.15, 0.2) is 0 Å². The van der Waals surface area contributed by atoms with Gasteiger partial charge in [-0.25, -0.2) is 4.63 Å². The third-order valence-electron chi connectivity index (χ3n) is 2.64. The quantitative estimate of drug-likeness (QED) is 0.843. The number of amides is 1. The number of hydrogen-bond donors (Lipinski definition) is 2. The second-order valence-corrected chi connectivity index (χ2v) is 4.23. The highest BCUT2D eigenvalue weighted by Gasteiger charge is 2.17. The minimum absolute atomic E-state index is 0.00521. The number of nitrogens with zero attached hydrogens (tertiary/aromatic N) is 2. The zero-order valence-corrected chi connectivity index (χ0v) is 10.4. The van der Waals surface area contributed by atoms with Crippen molar-refractivity contribution in [2.24, 2.45) is 0 Å². The molecule has 1 aromatic heterocycles. The van der Waals surface area contributed by atoms with E-state index in [4.69, 9.17) is 5.73 Å². The Morgan fingerprint density at radius 3 is 2.33 bits per heavy atom. The number of nitrogens with two attached hydrogens (primary N) is 1. The van der Waals surface area contributed by atoms with Gasteiger partial charge in [-0.2, -0.15) is 0 Å². The zero-order chi connectivity index (χ0) is 13.3. The van der Waals surface area contributed by atoms with E-state index < -0.39 is 5.91 Å². The van der Waals surface area contributed by atoms with E-state index in [1.165, 1.54) is 0 Å². The fourth-order valence-electron chi connectivity index (χ4n) is 1.90. The standard InChI is InChI=1S/C12H14N4O2/c1-6-4-7(2)9(8(3)5-6)14-12(17)10-11(13)16-18-15-10/h4-5H,1-3H3,(H2,13,16)(H,14,17). The summed E-state index contributed by atoms with van der Waals surface area (Å²) in [5.74, 6) is -0.446. The van der Waals surface area contributed by atoms with Crippen molar-refractivity contribution in [2.75, 3.05) is 11.1 Å². The van der Waals surface area contributed by atoms with Crippen molar-refractivity contribution in [1.29, 1.82) is 0 Å². The maximum atomic E-state index is 11.9. The van der Waals surface area contributed by atoms with Gasteiger partial charge < -0.3 is 11.1 Å². The Kier molecular flexibility index (Phi) is 3.01. The number of hydrogen-bond acceptors (Lipinski definition) is 5. The third kappa shape index (κ3) is 2.17. The largest absolute Gasteiger partial charge is 0.379 e. The van der Waals surface area contributed by atoms with E-state index in [-0.39, 0.29) is 11.5 Å². The molecule has 0 spiro atoms. The van der Waals surface area contributed by atoms with E-state index in [1.807, 2.05) is 32.9 Å². The molecular formula is C12H14N4O2. The number of anilines is 2. The van der Waals surface area contributed by atoms with Gasteiger partial charge in [-0.1, -0.05) is 17.7 Å². The summed E-state index contributed by atoms with van der Waals surface area (Å²) in [4.78, 5) is 11.9. The van der Waals surface area contributed by atoms with E-state index in [1.54, 1.807) is 0 Å². The van der Waals surface area contributed by atoms with Crippen LogP contribution < -0.4 is 11.1 Å². The van der Waals surface area contributed by atoms with Crippen LogP contribution in [0.4, 0.5) is 11.5 Å². The molecule has 18 heavy (non-hydrogen) atoms. The van der Waals surface area contributed by atoms with Crippen LogP contribution in [0.25, 0.3) is 0 Å². The number of aryl methyl sites for hydroxylation is 3. The first kappa shape index (κ1) is 12.1. The average Bonchev–Trinajstić information content (AvgIpc) is 2.69. The molecule has 2 aromatic rings. The highest BCUT2D eigenvalue weighted by molar-refractivity contribution is 6.06. The summed E-state index contributed by atoms with van der Waals surface area (Å²) in [7, 11) is 0. The van der Waals surface area contributed by atoms with E-state index in [0.29, 0.717) is 0 Å². The van der Waals surface area contributed by atoms with E-state index in [0.717, 1.165) is 22.4 Å². The second kappa shape index (κ2) is 4.48. The molecule has 94 valence electrons. The van der Waals surface area contributed by atoms with Crippen LogP contribution in [0.15, 0.2) is 16.8 Å². The molecule has 1 amide bonds. The van der Waals surface area contributed by atoms with Crippen LogP contribution in [0.3, 0.4) is 0 Å². The Labute approximate surface area is 104 Å². The van der Waals surface area contributed by atoms with Gasteiger partial charge in [-0.05, 0) is 42.2 Å². The van der Waals surface area contributed by atoms with Crippen molar-refractivity contribution >= 4 is 17.4 Å². The van der Waals surface area contributed by atoms with Gasteiger partial charge in [0.2, 0.25) is 11.5 Å². The van der Waals surface area contributed by atoms with Gasteiger partial charge in [0.25, 0.3) is 5.91 Å². The number of nitrogens with one attached hydrogen (secondary N) is 1. The van der Waals surface area contributed by atoms with Crippen molar-refractivity contribution in [1.82, 2.24) is 10.3 Å². The monoisotopic (exact) mass is 246 g/mol. The smallest absolute Gasteiger partial charge is 0.281 e. The average molecular weight is 246 g/mol. The molecule has 0 saturated carbocycles. The number of rotatable bonds is 2. The number of aromatic nitrogens is 2. The van der Waals surface area contributed by atoms with Gasteiger partial charge in [0.1, 0.15) is 0 Å². The third-order valence-corrected chi connectivity index (χ3v) is 2.64. The predicted molar refractivity (Wildman–Crippen MR) is 67.3 cm³/mol. The second-order valence-electron chi connectivity index (χ2n) is 4.23. The molecule has 0 radical (unpaired) electrons. The van der Waals surface area contributed by atoms with E-state index in [9.17, 15) is 4.79 Å². The molecule has 0 aliphatic heterocycles. The highest BCUT2D eigenvalue weighted by Crippen LogP contribution is 2.22. The van der Waals surface area contributed by atoms with E-state index in [2.05, 4.69) is 20.3 Å². The van der Waals surface area contributed by atoms with Crippen molar-refractivity contribution in [3.05, 3.63) is 34.5 Å². The zero-order valence-electron chi connectivity index (χ0n) is 10.4. The molecular weight excluding hydrogens is 232 g/mol. The van der Waals surface area contributed by atoms with Gasteiger partial charge in [-0.15, -0.1) is 0 Å². The lowest BCUT2D eigenvalue weighted by atomic mass is 10.1. The molecule has 1 aromatic carbocycles. The van der Waals surface area contributed by atoms with Crippen LogP contribution in [0.1, 0.15) is 27.2 Å². The number of benzene rings is 1. The van der Waals surface area contributed by atoms with Crippen molar-refractivity contribution < 1.29 is 9.42 Å². The Bertz CT molecular complexity index is 581. The van der Waals surface area contributed by atoms with Crippen LogP contribution in [-0.2, 0) is 0 Å². The lowest BCUT2D eigenvalue weighted by Gasteiger charge is -2.11. The molecule has 0 bridgehead atoms. The summed E-state index contributed by atoms with van der Waals surface area (Å²) in [6, 6.07) is 3.99. The summed E-state index contributed by atoms with van der Waals surface area (Å²) in [6.07, 6.45) is 0. The number of carbonyl (C=O) groups is 1.